The smallest absolute Gasteiger partial charge is 0.224 e. The molecular formula is C18H30N2O. The molecular weight excluding hydrogens is 260 g/mol. The van der Waals surface area contributed by atoms with E-state index in [2.05, 4.69) is 58.9 Å². The van der Waals surface area contributed by atoms with Gasteiger partial charge >= 0.3 is 0 Å². The lowest BCUT2D eigenvalue weighted by Crippen LogP contribution is -2.41. The number of hydrogen-bond donors (Lipinski definition) is 1. The van der Waals surface area contributed by atoms with Gasteiger partial charge in [0.2, 0.25) is 5.91 Å². The van der Waals surface area contributed by atoms with E-state index in [0.717, 1.165) is 13.0 Å². The fraction of sp³-hybridized carbons (Fsp3) is 0.611. The molecule has 1 rings (SSSR count). The second-order valence-corrected chi connectivity index (χ2v) is 6.98. The average Bonchev–Trinajstić information content (AvgIpc) is 2.39. The molecule has 0 spiro atoms. The molecule has 118 valence electrons. The monoisotopic (exact) mass is 290 g/mol. The minimum Gasteiger partial charge on any atom is -0.338 e. The maximum Gasteiger partial charge on any atom is 0.224 e. The van der Waals surface area contributed by atoms with E-state index in [1.807, 2.05) is 4.90 Å². The van der Waals surface area contributed by atoms with E-state index in [1.54, 1.807) is 0 Å². The maximum absolute atomic E-state index is 12.5. The van der Waals surface area contributed by atoms with Gasteiger partial charge in [-0.15, -0.1) is 0 Å². The van der Waals surface area contributed by atoms with Crippen LogP contribution in [0.4, 0.5) is 0 Å². The summed E-state index contributed by atoms with van der Waals surface area (Å²) in [6, 6.07) is 8.25. The van der Waals surface area contributed by atoms with E-state index in [1.165, 1.54) is 11.1 Å². The Morgan fingerprint density at radius 2 is 1.81 bits per heavy atom. The summed E-state index contributed by atoms with van der Waals surface area (Å²) >= 11 is 0. The Morgan fingerprint density at radius 3 is 2.29 bits per heavy atom. The van der Waals surface area contributed by atoms with Gasteiger partial charge in [-0.2, -0.15) is 0 Å². The Kier molecular flexibility index (Phi) is 6.41. The van der Waals surface area contributed by atoms with Gasteiger partial charge in [-0.25, -0.2) is 0 Å². The van der Waals surface area contributed by atoms with E-state index < -0.39 is 0 Å². The minimum absolute atomic E-state index is 0.0442. The fourth-order valence-corrected chi connectivity index (χ4v) is 2.10. The Hall–Kier alpha value is -1.35. The molecule has 3 heteroatoms. The molecule has 0 aliphatic rings. The molecule has 0 radical (unpaired) electrons. The van der Waals surface area contributed by atoms with Gasteiger partial charge in [-0.3, -0.25) is 4.79 Å². The van der Waals surface area contributed by atoms with Gasteiger partial charge in [-0.05, 0) is 24.3 Å². The lowest BCUT2D eigenvalue weighted by molar-refractivity contribution is -0.132. The standard InChI is InChI=1S/C18H30N2O/c1-6-11-20(13-15-9-7-14(2)8-10-15)17(21)12-16(19)18(3,4)5/h7-10,16H,6,11-13,19H2,1-5H3. The molecule has 1 aromatic carbocycles. The predicted molar refractivity (Wildman–Crippen MR) is 88.9 cm³/mol. The number of hydrogen-bond acceptors (Lipinski definition) is 2. The highest BCUT2D eigenvalue weighted by Gasteiger charge is 2.25. The van der Waals surface area contributed by atoms with Crippen molar-refractivity contribution in [2.75, 3.05) is 6.54 Å². The normalized spacial score (nSPS) is 13.0. The van der Waals surface area contributed by atoms with Gasteiger partial charge in [0.25, 0.3) is 0 Å². The van der Waals surface area contributed by atoms with Crippen molar-refractivity contribution in [3.05, 3.63) is 35.4 Å². The molecule has 0 saturated heterocycles. The Labute approximate surface area is 129 Å². The third kappa shape index (κ3) is 5.88. The van der Waals surface area contributed by atoms with Gasteiger partial charge in [0.1, 0.15) is 0 Å². The Balaban J connectivity index is 2.72. The van der Waals surface area contributed by atoms with Crippen LogP contribution < -0.4 is 5.73 Å². The van der Waals surface area contributed by atoms with E-state index >= 15 is 0 Å². The third-order valence-corrected chi connectivity index (χ3v) is 3.85. The molecule has 21 heavy (non-hydrogen) atoms. The van der Waals surface area contributed by atoms with Crippen molar-refractivity contribution in [3.63, 3.8) is 0 Å². The number of rotatable bonds is 6. The van der Waals surface area contributed by atoms with Crippen LogP contribution in [0.2, 0.25) is 0 Å². The first-order valence-corrected chi connectivity index (χ1v) is 7.83. The first kappa shape index (κ1) is 17.7. The van der Waals surface area contributed by atoms with Crippen LogP contribution in [0.1, 0.15) is 51.7 Å². The van der Waals surface area contributed by atoms with E-state index in [4.69, 9.17) is 5.73 Å². The van der Waals surface area contributed by atoms with Crippen LogP contribution in [0.3, 0.4) is 0 Å². The molecule has 0 aliphatic carbocycles. The summed E-state index contributed by atoms with van der Waals surface area (Å²) in [5.74, 6) is 0.153. The molecule has 0 aliphatic heterocycles. The summed E-state index contributed by atoms with van der Waals surface area (Å²) in [7, 11) is 0. The Morgan fingerprint density at radius 1 is 1.24 bits per heavy atom. The number of nitrogens with two attached hydrogens (primary N) is 1. The molecule has 0 saturated carbocycles. The van der Waals surface area contributed by atoms with Crippen LogP contribution in [0.25, 0.3) is 0 Å². The van der Waals surface area contributed by atoms with E-state index in [0.29, 0.717) is 13.0 Å². The Bertz CT molecular complexity index is 445. The molecule has 0 fully saturated rings. The first-order valence-electron chi connectivity index (χ1n) is 7.83. The summed E-state index contributed by atoms with van der Waals surface area (Å²) < 4.78 is 0. The van der Waals surface area contributed by atoms with Gasteiger partial charge in [0.15, 0.2) is 0 Å². The topological polar surface area (TPSA) is 46.3 Å². The molecule has 0 heterocycles. The van der Waals surface area contributed by atoms with Gasteiger partial charge < -0.3 is 10.6 Å². The van der Waals surface area contributed by atoms with Gasteiger partial charge in [-0.1, -0.05) is 57.5 Å². The molecule has 1 aromatic rings. The zero-order chi connectivity index (χ0) is 16.0. The highest BCUT2D eigenvalue weighted by atomic mass is 16.2. The van der Waals surface area contributed by atoms with Crippen molar-refractivity contribution in [2.24, 2.45) is 11.1 Å². The lowest BCUT2D eigenvalue weighted by Gasteiger charge is -2.30. The summed E-state index contributed by atoms with van der Waals surface area (Å²) in [4.78, 5) is 14.4. The van der Waals surface area contributed by atoms with Gasteiger partial charge in [0.05, 0.1) is 0 Å². The average molecular weight is 290 g/mol. The van der Waals surface area contributed by atoms with Crippen molar-refractivity contribution < 1.29 is 4.79 Å². The second-order valence-electron chi connectivity index (χ2n) is 6.98. The van der Waals surface area contributed by atoms with Crippen LogP contribution in [0.5, 0.6) is 0 Å². The molecule has 1 unspecified atom stereocenters. The van der Waals surface area contributed by atoms with Crippen LogP contribution in [0, 0.1) is 12.3 Å². The van der Waals surface area contributed by atoms with Crippen LogP contribution in [0.15, 0.2) is 24.3 Å². The number of aryl methyl sites for hydroxylation is 1. The van der Waals surface area contributed by atoms with Crippen LogP contribution in [-0.2, 0) is 11.3 Å². The van der Waals surface area contributed by atoms with Crippen molar-refractivity contribution >= 4 is 5.91 Å². The second kappa shape index (κ2) is 7.60. The molecule has 0 bridgehead atoms. The SMILES string of the molecule is CCCN(Cc1ccc(C)cc1)C(=O)CC(N)C(C)(C)C. The number of carbonyl (C=O) groups excluding carboxylic acids is 1. The van der Waals surface area contributed by atoms with Crippen molar-refractivity contribution in [2.45, 2.75) is 60.0 Å². The first-order chi connectivity index (χ1) is 9.74. The highest BCUT2D eigenvalue weighted by Crippen LogP contribution is 2.21. The lowest BCUT2D eigenvalue weighted by atomic mass is 9.85. The number of benzene rings is 1. The van der Waals surface area contributed by atoms with Gasteiger partial charge in [0, 0.05) is 25.6 Å². The van der Waals surface area contributed by atoms with Crippen molar-refractivity contribution in [1.29, 1.82) is 0 Å². The molecule has 2 N–H and O–H groups in total. The van der Waals surface area contributed by atoms with Crippen LogP contribution >= 0.6 is 0 Å². The van der Waals surface area contributed by atoms with E-state index in [-0.39, 0.29) is 17.4 Å². The largest absolute Gasteiger partial charge is 0.338 e. The third-order valence-electron chi connectivity index (χ3n) is 3.85. The maximum atomic E-state index is 12.5. The zero-order valence-electron chi connectivity index (χ0n) is 14.1. The van der Waals surface area contributed by atoms with Crippen molar-refractivity contribution in [3.8, 4) is 0 Å². The molecule has 0 aromatic heterocycles. The number of nitrogens with zero attached hydrogens (tertiary/aromatic N) is 1. The van der Waals surface area contributed by atoms with Crippen molar-refractivity contribution in [1.82, 2.24) is 4.90 Å². The molecule has 3 nitrogen and oxygen atoms in total. The quantitative estimate of drug-likeness (QED) is 0.871. The number of carbonyl (C=O) groups is 1. The predicted octanol–water partition coefficient (Wildman–Crippen LogP) is 3.50. The van der Waals surface area contributed by atoms with Crippen LogP contribution in [-0.4, -0.2) is 23.4 Å². The minimum atomic E-state index is -0.109. The molecule has 1 amide bonds. The zero-order valence-corrected chi connectivity index (χ0v) is 14.1. The fourth-order valence-electron chi connectivity index (χ4n) is 2.10. The highest BCUT2D eigenvalue weighted by molar-refractivity contribution is 5.77. The summed E-state index contributed by atoms with van der Waals surface area (Å²) in [6.45, 7) is 11.9. The summed E-state index contributed by atoms with van der Waals surface area (Å²) in [6.07, 6.45) is 1.37. The number of amides is 1. The summed E-state index contributed by atoms with van der Waals surface area (Å²) in [5, 5.41) is 0. The molecule has 1 atom stereocenters. The summed E-state index contributed by atoms with van der Waals surface area (Å²) in [5.41, 5.74) is 8.52. The van der Waals surface area contributed by atoms with E-state index in [9.17, 15) is 4.79 Å².